The Morgan fingerprint density at radius 2 is 2.00 bits per heavy atom. The van der Waals surface area contributed by atoms with Crippen molar-refractivity contribution in [3.8, 4) is 0 Å². The number of hydrogen-bond acceptors (Lipinski definition) is 5. The number of carbonyl (C=O) groups excluding carboxylic acids is 1. The van der Waals surface area contributed by atoms with E-state index in [9.17, 15) is 4.79 Å². The summed E-state index contributed by atoms with van der Waals surface area (Å²) < 4.78 is 2.03. The van der Waals surface area contributed by atoms with Crippen LogP contribution < -0.4 is 5.32 Å². The number of nitrogens with zero attached hydrogens (tertiary/aromatic N) is 4. The van der Waals surface area contributed by atoms with E-state index in [0.29, 0.717) is 17.3 Å². The molecule has 6 nitrogen and oxygen atoms in total. The quantitative estimate of drug-likeness (QED) is 0.626. The molecule has 8 heteroatoms. The van der Waals surface area contributed by atoms with Crippen LogP contribution in [-0.2, 0) is 17.8 Å². The van der Waals surface area contributed by atoms with Gasteiger partial charge in [-0.3, -0.25) is 4.79 Å². The average molecular weight is 388 g/mol. The molecule has 0 aliphatic carbocycles. The van der Waals surface area contributed by atoms with Crippen molar-refractivity contribution in [3.63, 3.8) is 0 Å². The molecule has 0 spiro atoms. The summed E-state index contributed by atoms with van der Waals surface area (Å²) in [7, 11) is 0. The highest BCUT2D eigenvalue weighted by Gasteiger charge is 2.13. The second-order valence-corrected chi connectivity index (χ2v) is 6.88. The van der Waals surface area contributed by atoms with Gasteiger partial charge in [-0.2, -0.15) is 0 Å². The van der Waals surface area contributed by atoms with E-state index in [0.717, 1.165) is 17.5 Å². The van der Waals surface area contributed by atoms with Crippen molar-refractivity contribution in [2.45, 2.75) is 25.0 Å². The molecule has 0 aliphatic rings. The summed E-state index contributed by atoms with van der Waals surface area (Å²) in [6.07, 6.45) is 2.21. The zero-order chi connectivity index (χ0) is 18.4. The molecular formula is C18H18ClN5OS. The van der Waals surface area contributed by atoms with Gasteiger partial charge in [-0.25, -0.2) is 4.98 Å². The van der Waals surface area contributed by atoms with Gasteiger partial charge < -0.3 is 9.88 Å². The molecule has 3 aromatic rings. The van der Waals surface area contributed by atoms with Gasteiger partial charge in [0.25, 0.3) is 0 Å². The summed E-state index contributed by atoms with van der Waals surface area (Å²) >= 11 is 7.14. The van der Waals surface area contributed by atoms with E-state index < -0.39 is 0 Å². The highest BCUT2D eigenvalue weighted by atomic mass is 35.5. The van der Waals surface area contributed by atoms with Crippen LogP contribution in [0.1, 0.15) is 18.3 Å². The molecule has 1 amide bonds. The number of amides is 1. The Morgan fingerprint density at radius 1 is 1.19 bits per heavy atom. The molecule has 134 valence electrons. The molecule has 0 atom stereocenters. The first-order valence-electron chi connectivity index (χ1n) is 8.16. The highest BCUT2D eigenvalue weighted by Crippen LogP contribution is 2.19. The minimum absolute atomic E-state index is 0.153. The van der Waals surface area contributed by atoms with Gasteiger partial charge in [0.2, 0.25) is 5.91 Å². The number of aromatic nitrogens is 4. The van der Waals surface area contributed by atoms with Crippen LogP contribution in [0, 0.1) is 0 Å². The Labute approximate surface area is 161 Å². The van der Waals surface area contributed by atoms with Crippen LogP contribution in [0.5, 0.6) is 0 Å². The number of rotatable bonds is 7. The lowest BCUT2D eigenvalue weighted by molar-refractivity contribution is -0.113. The molecule has 2 heterocycles. The van der Waals surface area contributed by atoms with Gasteiger partial charge in [0, 0.05) is 19.2 Å². The summed E-state index contributed by atoms with van der Waals surface area (Å²) in [5.74, 6) is 1.44. The average Bonchev–Trinajstić information content (AvgIpc) is 3.04. The van der Waals surface area contributed by atoms with Gasteiger partial charge in [-0.1, -0.05) is 53.7 Å². The Kier molecular flexibility index (Phi) is 6.25. The van der Waals surface area contributed by atoms with E-state index >= 15 is 0 Å². The zero-order valence-corrected chi connectivity index (χ0v) is 15.8. The van der Waals surface area contributed by atoms with Crippen LogP contribution in [0.15, 0.2) is 53.8 Å². The fraction of sp³-hybridized carbons (Fsp3) is 0.222. The van der Waals surface area contributed by atoms with E-state index in [2.05, 4.69) is 32.6 Å². The summed E-state index contributed by atoms with van der Waals surface area (Å²) in [6, 6.07) is 13.5. The third-order valence-corrected chi connectivity index (χ3v) is 4.83. The fourth-order valence-corrected chi connectivity index (χ4v) is 3.34. The van der Waals surface area contributed by atoms with Crippen LogP contribution in [0.2, 0.25) is 5.02 Å². The molecular weight excluding hydrogens is 370 g/mol. The predicted octanol–water partition coefficient (Wildman–Crippen LogP) is 3.67. The summed E-state index contributed by atoms with van der Waals surface area (Å²) in [5.41, 5.74) is 1.18. The monoisotopic (exact) mass is 387 g/mol. The van der Waals surface area contributed by atoms with E-state index in [-0.39, 0.29) is 11.7 Å². The summed E-state index contributed by atoms with van der Waals surface area (Å²) in [6.45, 7) is 2.79. The number of halogens is 1. The van der Waals surface area contributed by atoms with Crippen molar-refractivity contribution >= 4 is 35.1 Å². The Morgan fingerprint density at radius 3 is 2.69 bits per heavy atom. The van der Waals surface area contributed by atoms with Crippen molar-refractivity contribution in [2.75, 3.05) is 11.1 Å². The lowest BCUT2D eigenvalue weighted by Crippen LogP contribution is -2.15. The first-order chi connectivity index (χ1) is 12.7. The van der Waals surface area contributed by atoms with Crippen LogP contribution >= 0.6 is 23.4 Å². The predicted molar refractivity (Wildman–Crippen MR) is 104 cm³/mol. The second kappa shape index (κ2) is 8.82. The molecule has 0 aliphatic heterocycles. The molecule has 1 N–H and O–H groups in total. The molecule has 3 rings (SSSR count). The van der Waals surface area contributed by atoms with Crippen molar-refractivity contribution in [1.82, 2.24) is 19.7 Å². The minimum atomic E-state index is -0.153. The van der Waals surface area contributed by atoms with E-state index in [1.165, 1.54) is 23.5 Å². The molecule has 0 radical (unpaired) electrons. The molecule has 0 bridgehead atoms. The largest absolute Gasteiger partial charge is 0.310 e. The Balaban J connectivity index is 1.61. The standard InChI is InChI=1S/C18H18ClN5OS/c1-2-24-16(10-13-6-4-3-5-7-13)22-23-18(24)26-12-17(25)21-15-9-8-14(19)11-20-15/h3-9,11H,2,10,12H2,1H3,(H,20,21,25). The third kappa shape index (κ3) is 4.83. The highest BCUT2D eigenvalue weighted by molar-refractivity contribution is 7.99. The first kappa shape index (κ1) is 18.4. The van der Waals surface area contributed by atoms with E-state index in [1.807, 2.05) is 29.7 Å². The Hall–Kier alpha value is -2.38. The second-order valence-electron chi connectivity index (χ2n) is 5.50. The van der Waals surface area contributed by atoms with Gasteiger partial charge in [0.05, 0.1) is 10.8 Å². The van der Waals surface area contributed by atoms with Crippen LogP contribution in [0.4, 0.5) is 5.82 Å². The van der Waals surface area contributed by atoms with Crippen molar-refractivity contribution in [2.24, 2.45) is 0 Å². The summed E-state index contributed by atoms with van der Waals surface area (Å²) in [5, 5.41) is 12.5. The van der Waals surface area contributed by atoms with Gasteiger partial charge in [-0.05, 0) is 24.6 Å². The minimum Gasteiger partial charge on any atom is -0.310 e. The van der Waals surface area contributed by atoms with Crippen molar-refractivity contribution in [1.29, 1.82) is 0 Å². The van der Waals surface area contributed by atoms with E-state index in [4.69, 9.17) is 11.6 Å². The molecule has 2 aromatic heterocycles. The smallest absolute Gasteiger partial charge is 0.236 e. The number of pyridine rings is 1. The van der Waals surface area contributed by atoms with Gasteiger partial charge in [0.15, 0.2) is 5.16 Å². The SMILES string of the molecule is CCn1c(Cc2ccccc2)nnc1SCC(=O)Nc1ccc(Cl)cn1. The number of nitrogens with one attached hydrogen (secondary N) is 1. The maximum absolute atomic E-state index is 12.1. The lowest BCUT2D eigenvalue weighted by Gasteiger charge is -2.08. The van der Waals surface area contributed by atoms with E-state index in [1.54, 1.807) is 12.1 Å². The molecule has 0 fully saturated rings. The van der Waals surface area contributed by atoms with Crippen molar-refractivity contribution in [3.05, 3.63) is 65.1 Å². The molecule has 0 saturated carbocycles. The number of carbonyl (C=O) groups is 1. The maximum Gasteiger partial charge on any atom is 0.236 e. The molecule has 1 aromatic carbocycles. The lowest BCUT2D eigenvalue weighted by atomic mass is 10.1. The van der Waals surface area contributed by atoms with Crippen LogP contribution in [0.3, 0.4) is 0 Å². The number of thioether (sulfide) groups is 1. The zero-order valence-electron chi connectivity index (χ0n) is 14.2. The summed E-state index contributed by atoms with van der Waals surface area (Å²) in [4.78, 5) is 16.2. The van der Waals surface area contributed by atoms with Gasteiger partial charge in [0.1, 0.15) is 11.6 Å². The number of anilines is 1. The Bertz CT molecular complexity index is 867. The van der Waals surface area contributed by atoms with Crippen molar-refractivity contribution < 1.29 is 4.79 Å². The molecule has 0 unspecified atom stereocenters. The molecule has 26 heavy (non-hydrogen) atoms. The van der Waals surface area contributed by atoms with Gasteiger partial charge in [-0.15, -0.1) is 10.2 Å². The van der Waals surface area contributed by atoms with Crippen LogP contribution in [-0.4, -0.2) is 31.4 Å². The normalized spacial score (nSPS) is 10.7. The first-order valence-corrected chi connectivity index (χ1v) is 9.52. The molecule has 0 saturated heterocycles. The third-order valence-electron chi connectivity index (χ3n) is 3.64. The number of benzene rings is 1. The maximum atomic E-state index is 12.1. The topological polar surface area (TPSA) is 72.7 Å². The van der Waals surface area contributed by atoms with Crippen LogP contribution in [0.25, 0.3) is 0 Å². The fourth-order valence-electron chi connectivity index (χ4n) is 2.41. The van der Waals surface area contributed by atoms with Gasteiger partial charge >= 0.3 is 0 Å². The number of hydrogen-bond donors (Lipinski definition) is 1.